The summed E-state index contributed by atoms with van der Waals surface area (Å²) in [6, 6.07) is 15.9. The van der Waals surface area contributed by atoms with Gasteiger partial charge in [-0.3, -0.25) is 14.7 Å². The van der Waals surface area contributed by atoms with Crippen molar-refractivity contribution in [1.29, 1.82) is 0 Å². The third kappa shape index (κ3) is 5.68. The van der Waals surface area contributed by atoms with Gasteiger partial charge < -0.3 is 4.74 Å². The Bertz CT molecular complexity index is 1390. The van der Waals surface area contributed by atoms with Crippen LogP contribution in [0.15, 0.2) is 65.7 Å². The van der Waals surface area contributed by atoms with E-state index in [1.165, 1.54) is 30.6 Å². The molecule has 7 nitrogen and oxygen atoms in total. The Balaban J connectivity index is 1.54. The molecular weight excluding hydrogens is 482 g/mol. The summed E-state index contributed by atoms with van der Waals surface area (Å²) in [6.45, 7) is 4.29. The number of amides is 1. The van der Waals surface area contributed by atoms with Crippen molar-refractivity contribution in [1.82, 2.24) is 9.97 Å². The summed E-state index contributed by atoms with van der Waals surface area (Å²) in [6.07, 6.45) is 1.97. The number of fused-ring (bicyclic) bond motifs is 1. The molecule has 0 saturated carbocycles. The van der Waals surface area contributed by atoms with Crippen molar-refractivity contribution in [2.75, 3.05) is 17.8 Å². The molecule has 0 spiro atoms. The molecule has 0 bridgehead atoms. The number of carbonyl (C=O) groups is 1. The van der Waals surface area contributed by atoms with Gasteiger partial charge in [-0.2, -0.15) is 0 Å². The van der Waals surface area contributed by atoms with Gasteiger partial charge >= 0.3 is 0 Å². The number of hydrogen-bond donors (Lipinski definition) is 0. The summed E-state index contributed by atoms with van der Waals surface area (Å²) < 4.78 is 31.6. The Morgan fingerprint density at radius 3 is 2.43 bits per heavy atom. The van der Waals surface area contributed by atoms with Crippen molar-refractivity contribution in [2.24, 2.45) is 0 Å². The SMILES string of the molecule is COc1ccc(S(=O)(=O)CCCC(=O)N(Cc2ccccn2)c2nc3c(C)ccc(C)c3s2)cc1. The molecule has 2 heterocycles. The maximum absolute atomic E-state index is 13.4. The normalized spacial score (nSPS) is 11.5. The van der Waals surface area contributed by atoms with Crippen LogP contribution in [0.3, 0.4) is 0 Å². The molecule has 0 unspecified atom stereocenters. The van der Waals surface area contributed by atoms with Gasteiger partial charge in [0, 0.05) is 12.6 Å². The number of pyridine rings is 1. The molecule has 9 heteroatoms. The lowest BCUT2D eigenvalue weighted by Gasteiger charge is -2.19. The van der Waals surface area contributed by atoms with Crippen LogP contribution in [-0.4, -0.2) is 37.2 Å². The van der Waals surface area contributed by atoms with Gasteiger partial charge in [0.2, 0.25) is 5.91 Å². The summed E-state index contributed by atoms with van der Waals surface area (Å²) in [4.78, 5) is 24.3. The second kappa shape index (κ2) is 10.5. The molecule has 4 rings (SSSR count). The van der Waals surface area contributed by atoms with Crippen LogP contribution in [0.25, 0.3) is 10.2 Å². The van der Waals surface area contributed by atoms with E-state index in [-0.39, 0.29) is 35.9 Å². The van der Waals surface area contributed by atoms with Gasteiger partial charge in [-0.25, -0.2) is 13.4 Å². The number of aryl methyl sites for hydroxylation is 2. The Labute approximate surface area is 209 Å². The lowest BCUT2D eigenvalue weighted by Crippen LogP contribution is -2.30. The third-order valence-corrected chi connectivity index (χ3v) is 8.76. The molecule has 0 atom stereocenters. The van der Waals surface area contributed by atoms with E-state index in [0.29, 0.717) is 10.9 Å². The van der Waals surface area contributed by atoms with Gasteiger partial charge in [-0.1, -0.05) is 29.5 Å². The first-order chi connectivity index (χ1) is 16.8. The predicted molar refractivity (Wildman–Crippen MR) is 139 cm³/mol. The molecule has 1 amide bonds. The monoisotopic (exact) mass is 509 g/mol. The number of ether oxygens (including phenoxy) is 1. The maximum atomic E-state index is 13.4. The Kier molecular flexibility index (Phi) is 7.47. The minimum atomic E-state index is -3.51. The highest BCUT2D eigenvalue weighted by Gasteiger charge is 2.23. The van der Waals surface area contributed by atoms with Gasteiger partial charge in [0.15, 0.2) is 15.0 Å². The fourth-order valence-corrected chi connectivity index (χ4v) is 6.17. The largest absolute Gasteiger partial charge is 0.497 e. The number of nitrogens with zero attached hydrogens (tertiary/aromatic N) is 3. The van der Waals surface area contributed by atoms with Crippen LogP contribution in [0, 0.1) is 13.8 Å². The predicted octanol–water partition coefficient (Wildman–Crippen LogP) is 5.10. The van der Waals surface area contributed by atoms with Gasteiger partial charge in [0.1, 0.15) is 5.75 Å². The van der Waals surface area contributed by atoms with Crippen LogP contribution in [0.2, 0.25) is 0 Å². The van der Waals surface area contributed by atoms with Crippen LogP contribution in [0.4, 0.5) is 5.13 Å². The molecule has 182 valence electrons. The highest BCUT2D eigenvalue weighted by Crippen LogP contribution is 2.34. The number of aromatic nitrogens is 2. The van der Waals surface area contributed by atoms with E-state index in [2.05, 4.69) is 11.1 Å². The standard InChI is InChI=1S/C26H27N3O4S2/c1-18-9-10-19(2)25-24(18)28-26(34-25)29(17-20-7-4-5-15-27-20)23(30)8-6-16-35(31,32)22-13-11-21(33-3)12-14-22/h4-5,7,9-15H,6,8,16-17H2,1-3H3. The van der Waals surface area contributed by atoms with Crippen molar-refractivity contribution < 1.29 is 17.9 Å². The highest BCUT2D eigenvalue weighted by atomic mass is 32.2. The number of anilines is 1. The van der Waals surface area contributed by atoms with Gasteiger partial charge in [-0.05, 0) is 67.8 Å². The average molecular weight is 510 g/mol. The van der Waals surface area contributed by atoms with Crippen molar-refractivity contribution in [3.63, 3.8) is 0 Å². The third-order valence-electron chi connectivity index (χ3n) is 5.73. The quantitative estimate of drug-likeness (QED) is 0.312. The molecule has 2 aromatic carbocycles. The smallest absolute Gasteiger partial charge is 0.229 e. The number of hydrogen-bond acceptors (Lipinski definition) is 7. The minimum Gasteiger partial charge on any atom is -0.497 e. The topological polar surface area (TPSA) is 89.5 Å². The van der Waals surface area contributed by atoms with Crippen molar-refractivity contribution in [3.05, 3.63) is 77.6 Å². The first-order valence-electron chi connectivity index (χ1n) is 11.2. The second-order valence-electron chi connectivity index (χ2n) is 8.27. The zero-order chi connectivity index (χ0) is 25.0. The molecule has 35 heavy (non-hydrogen) atoms. The Morgan fingerprint density at radius 2 is 1.77 bits per heavy atom. The molecule has 0 aliphatic carbocycles. The van der Waals surface area contributed by atoms with E-state index >= 15 is 0 Å². The summed E-state index contributed by atoms with van der Waals surface area (Å²) in [5.74, 6) is 0.279. The number of thiazole rings is 1. The van der Waals surface area contributed by atoms with Gasteiger partial charge in [0.25, 0.3) is 0 Å². The van der Waals surface area contributed by atoms with Crippen molar-refractivity contribution in [2.45, 2.75) is 38.1 Å². The fraction of sp³-hybridized carbons (Fsp3) is 0.269. The molecular formula is C26H27N3O4S2. The number of methoxy groups -OCH3 is 1. The van der Waals surface area contributed by atoms with Crippen molar-refractivity contribution >= 4 is 42.4 Å². The Hall–Kier alpha value is -3.30. The molecule has 0 aliphatic rings. The average Bonchev–Trinajstić information content (AvgIpc) is 3.32. The van der Waals surface area contributed by atoms with Gasteiger partial charge in [0.05, 0.1) is 40.2 Å². The zero-order valence-corrected chi connectivity index (χ0v) is 21.5. The first-order valence-corrected chi connectivity index (χ1v) is 13.7. The maximum Gasteiger partial charge on any atom is 0.229 e. The van der Waals surface area contributed by atoms with Crippen molar-refractivity contribution in [3.8, 4) is 5.75 Å². The zero-order valence-electron chi connectivity index (χ0n) is 19.9. The van der Waals surface area contributed by atoms with E-state index in [1.807, 2.05) is 38.1 Å². The van der Waals surface area contributed by atoms with Crippen LogP contribution < -0.4 is 9.64 Å². The summed E-state index contributed by atoms with van der Waals surface area (Å²) in [5, 5.41) is 0.589. The van der Waals surface area contributed by atoms with E-state index in [0.717, 1.165) is 27.0 Å². The summed E-state index contributed by atoms with van der Waals surface area (Å²) in [5.41, 5.74) is 3.76. The lowest BCUT2D eigenvalue weighted by molar-refractivity contribution is -0.118. The number of benzene rings is 2. The fourth-order valence-electron chi connectivity index (χ4n) is 3.73. The molecule has 0 fully saturated rings. The molecule has 0 aliphatic heterocycles. The van der Waals surface area contributed by atoms with E-state index in [1.54, 1.807) is 23.2 Å². The highest BCUT2D eigenvalue weighted by molar-refractivity contribution is 7.91. The van der Waals surface area contributed by atoms with E-state index in [4.69, 9.17) is 9.72 Å². The molecule has 0 saturated heterocycles. The summed E-state index contributed by atoms with van der Waals surface area (Å²) >= 11 is 1.47. The number of sulfone groups is 1. The van der Waals surface area contributed by atoms with Crippen LogP contribution in [0.1, 0.15) is 29.7 Å². The van der Waals surface area contributed by atoms with Crippen LogP contribution >= 0.6 is 11.3 Å². The summed E-state index contributed by atoms with van der Waals surface area (Å²) in [7, 11) is -1.99. The number of carbonyl (C=O) groups excluding carboxylic acids is 1. The molecule has 0 N–H and O–H groups in total. The Morgan fingerprint density at radius 1 is 1.03 bits per heavy atom. The van der Waals surface area contributed by atoms with Gasteiger partial charge in [-0.15, -0.1) is 0 Å². The van der Waals surface area contributed by atoms with Crippen LogP contribution in [0.5, 0.6) is 5.75 Å². The molecule has 0 radical (unpaired) electrons. The first kappa shape index (κ1) is 24.8. The van der Waals surface area contributed by atoms with E-state index < -0.39 is 9.84 Å². The van der Waals surface area contributed by atoms with E-state index in [9.17, 15) is 13.2 Å². The number of rotatable bonds is 9. The van der Waals surface area contributed by atoms with Crippen LogP contribution in [-0.2, 0) is 21.2 Å². The lowest BCUT2D eigenvalue weighted by atomic mass is 10.1. The molecule has 2 aromatic heterocycles. The molecule has 4 aromatic rings. The minimum absolute atomic E-state index is 0.0795. The second-order valence-corrected chi connectivity index (χ2v) is 11.4.